The largest absolute Gasteiger partial charge is 0.497 e. The molecule has 1 aromatic rings. The Morgan fingerprint density at radius 2 is 2.14 bits per heavy atom. The topological polar surface area (TPSA) is 30.5 Å². The van der Waals surface area contributed by atoms with Crippen LogP contribution < -0.4 is 10.1 Å². The van der Waals surface area contributed by atoms with Crippen LogP contribution in [0, 0.1) is 5.92 Å². The minimum atomic E-state index is 0.123. The zero-order valence-electron chi connectivity index (χ0n) is 13.4. The van der Waals surface area contributed by atoms with Gasteiger partial charge in [-0.2, -0.15) is 0 Å². The molecule has 0 spiro atoms. The van der Waals surface area contributed by atoms with Crippen LogP contribution in [0.25, 0.3) is 0 Å². The minimum absolute atomic E-state index is 0.123. The first-order valence-electron chi connectivity index (χ1n) is 7.61. The summed E-state index contributed by atoms with van der Waals surface area (Å²) in [5, 5.41) is 3.61. The van der Waals surface area contributed by atoms with Gasteiger partial charge in [0, 0.05) is 29.1 Å². The summed E-state index contributed by atoms with van der Waals surface area (Å²) in [6.45, 7) is 8.41. The molecule has 0 aliphatic carbocycles. The summed E-state index contributed by atoms with van der Waals surface area (Å²) < 4.78 is 12.5. The van der Waals surface area contributed by atoms with E-state index in [1.807, 2.05) is 12.1 Å². The molecule has 1 N–H and O–H groups in total. The number of hydrogen-bond acceptors (Lipinski definition) is 3. The average Bonchev–Trinajstić information content (AvgIpc) is 2.45. The number of nitrogens with one attached hydrogen (secondary N) is 1. The molecular weight excluding hydrogens is 330 g/mol. The molecule has 4 heteroatoms. The molecule has 0 radical (unpaired) electrons. The van der Waals surface area contributed by atoms with E-state index < -0.39 is 0 Å². The first kappa shape index (κ1) is 16.8. The van der Waals surface area contributed by atoms with Crippen molar-refractivity contribution in [3.8, 4) is 5.75 Å². The number of hydrogen-bond donors (Lipinski definition) is 1. The molecule has 2 unspecified atom stereocenters. The molecule has 1 aliphatic heterocycles. The summed E-state index contributed by atoms with van der Waals surface area (Å²) in [6, 6.07) is 6.10. The van der Waals surface area contributed by atoms with E-state index in [9.17, 15) is 0 Å². The monoisotopic (exact) mass is 355 g/mol. The molecule has 118 valence electrons. The van der Waals surface area contributed by atoms with Crippen molar-refractivity contribution in [3.63, 3.8) is 0 Å². The van der Waals surface area contributed by atoms with Crippen LogP contribution in [0.15, 0.2) is 22.7 Å². The molecule has 0 bridgehead atoms. The molecule has 0 amide bonds. The van der Waals surface area contributed by atoms with E-state index in [1.54, 1.807) is 7.11 Å². The normalized spacial score (nSPS) is 23.1. The van der Waals surface area contributed by atoms with Gasteiger partial charge in [-0.25, -0.2) is 0 Å². The third-order valence-corrected chi connectivity index (χ3v) is 4.57. The van der Waals surface area contributed by atoms with Gasteiger partial charge < -0.3 is 14.8 Å². The number of benzene rings is 1. The summed E-state index contributed by atoms with van der Waals surface area (Å²) in [5.41, 5.74) is 1.32. The van der Waals surface area contributed by atoms with Crippen molar-refractivity contribution in [3.05, 3.63) is 28.2 Å². The zero-order valence-corrected chi connectivity index (χ0v) is 15.0. The SMILES string of the molecule is COc1ccc(Br)c(C2OCCCC2CNC(C)(C)C)c1. The van der Waals surface area contributed by atoms with Crippen LogP contribution >= 0.6 is 15.9 Å². The molecule has 21 heavy (non-hydrogen) atoms. The lowest BCUT2D eigenvalue weighted by Gasteiger charge is -2.35. The highest BCUT2D eigenvalue weighted by Crippen LogP contribution is 2.38. The maximum absolute atomic E-state index is 6.10. The number of halogens is 1. The summed E-state index contributed by atoms with van der Waals surface area (Å²) in [5.74, 6) is 1.37. The maximum atomic E-state index is 6.10. The van der Waals surface area contributed by atoms with E-state index in [0.29, 0.717) is 5.92 Å². The minimum Gasteiger partial charge on any atom is -0.497 e. The Labute approximate surface area is 136 Å². The Morgan fingerprint density at radius 1 is 1.38 bits per heavy atom. The molecule has 1 aromatic carbocycles. The van der Waals surface area contributed by atoms with Crippen molar-refractivity contribution in [2.45, 2.75) is 45.3 Å². The van der Waals surface area contributed by atoms with Crippen LogP contribution in [0.4, 0.5) is 0 Å². The Hall–Kier alpha value is -0.580. The van der Waals surface area contributed by atoms with Gasteiger partial charge in [-0.05, 0) is 57.4 Å². The second kappa shape index (κ2) is 7.12. The molecule has 1 fully saturated rings. The third kappa shape index (κ3) is 4.70. The second-order valence-electron chi connectivity index (χ2n) is 6.71. The van der Waals surface area contributed by atoms with Crippen molar-refractivity contribution in [2.75, 3.05) is 20.3 Å². The van der Waals surface area contributed by atoms with Crippen molar-refractivity contribution in [1.82, 2.24) is 5.32 Å². The highest BCUT2D eigenvalue weighted by atomic mass is 79.9. The van der Waals surface area contributed by atoms with E-state index in [2.05, 4.69) is 48.1 Å². The van der Waals surface area contributed by atoms with Gasteiger partial charge in [0.2, 0.25) is 0 Å². The summed E-state index contributed by atoms with van der Waals surface area (Å²) >= 11 is 3.66. The van der Waals surface area contributed by atoms with E-state index >= 15 is 0 Å². The van der Waals surface area contributed by atoms with E-state index in [-0.39, 0.29) is 11.6 Å². The van der Waals surface area contributed by atoms with Crippen LogP contribution in [-0.2, 0) is 4.74 Å². The summed E-state index contributed by atoms with van der Waals surface area (Å²) in [4.78, 5) is 0. The van der Waals surface area contributed by atoms with Gasteiger partial charge in [-0.15, -0.1) is 0 Å². The van der Waals surface area contributed by atoms with Gasteiger partial charge in [0.15, 0.2) is 0 Å². The van der Waals surface area contributed by atoms with Gasteiger partial charge in [0.1, 0.15) is 5.75 Å². The quantitative estimate of drug-likeness (QED) is 0.872. The van der Waals surface area contributed by atoms with Crippen LogP contribution in [0.2, 0.25) is 0 Å². The maximum Gasteiger partial charge on any atom is 0.119 e. The first-order valence-corrected chi connectivity index (χ1v) is 8.40. The number of methoxy groups -OCH3 is 1. The lowest BCUT2D eigenvalue weighted by molar-refractivity contribution is -0.0297. The average molecular weight is 356 g/mol. The fraction of sp³-hybridized carbons (Fsp3) is 0.647. The zero-order chi connectivity index (χ0) is 15.5. The van der Waals surface area contributed by atoms with Gasteiger partial charge in [-0.3, -0.25) is 0 Å². The highest BCUT2D eigenvalue weighted by molar-refractivity contribution is 9.10. The van der Waals surface area contributed by atoms with Crippen molar-refractivity contribution >= 4 is 15.9 Å². The molecule has 0 saturated carbocycles. The summed E-state index contributed by atoms with van der Waals surface area (Å²) in [7, 11) is 1.70. The lowest BCUT2D eigenvalue weighted by atomic mass is 9.88. The fourth-order valence-corrected chi connectivity index (χ4v) is 3.17. The van der Waals surface area contributed by atoms with Crippen LogP contribution in [-0.4, -0.2) is 25.8 Å². The van der Waals surface area contributed by atoms with E-state index in [4.69, 9.17) is 9.47 Å². The second-order valence-corrected chi connectivity index (χ2v) is 7.57. The van der Waals surface area contributed by atoms with Gasteiger partial charge >= 0.3 is 0 Å². The van der Waals surface area contributed by atoms with Crippen molar-refractivity contribution in [1.29, 1.82) is 0 Å². The molecule has 3 nitrogen and oxygen atoms in total. The van der Waals surface area contributed by atoms with Gasteiger partial charge in [-0.1, -0.05) is 15.9 Å². The predicted molar refractivity (Wildman–Crippen MR) is 89.9 cm³/mol. The standard InChI is InChI=1S/C17H26BrNO2/c1-17(2,3)19-11-12-6-5-9-21-16(12)14-10-13(20-4)7-8-15(14)18/h7-8,10,12,16,19H,5-6,9,11H2,1-4H3. The van der Waals surface area contributed by atoms with Crippen LogP contribution in [0.5, 0.6) is 5.75 Å². The Morgan fingerprint density at radius 3 is 2.81 bits per heavy atom. The molecule has 1 saturated heterocycles. The lowest BCUT2D eigenvalue weighted by Crippen LogP contribution is -2.41. The summed E-state index contributed by atoms with van der Waals surface area (Å²) in [6.07, 6.45) is 2.45. The number of ether oxygens (including phenoxy) is 2. The highest BCUT2D eigenvalue weighted by Gasteiger charge is 2.30. The fourth-order valence-electron chi connectivity index (χ4n) is 2.70. The van der Waals surface area contributed by atoms with Gasteiger partial charge in [0.05, 0.1) is 13.2 Å². The predicted octanol–water partition coefficient (Wildman–Crippen LogP) is 4.31. The van der Waals surface area contributed by atoms with E-state index in [1.165, 1.54) is 12.0 Å². The van der Waals surface area contributed by atoms with E-state index in [0.717, 1.165) is 29.8 Å². The van der Waals surface area contributed by atoms with Crippen molar-refractivity contribution in [2.24, 2.45) is 5.92 Å². The molecule has 1 aliphatic rings. The third-order valence-electron chi connectivity index (χ3n) is 3.85. The smallest absolute Gasteiger partial charge is 0.119 e. The van der Waals surface area contributed by atoms with Crippen LogP contribution in [0.3, 0.4) is 0 Å². The molecule has 0 aromatic heterocycles. The number of rotatable bonds is 4. The van der Waals surface area contributed by atoms with Gasteiger partial charge in [0.25, 0.3) is 0 Å². The Bertz CT molecular complexity index is 470. The Balaban J connectivity index is 2.18. The first-order chi connectivity index (χ1) is 9.90. The molecule has 2 atom stereocenters. The molecular formula is C17H26BrNO2. The molecule has 2 rings (SSSR count). The Kier molecular flexibility index (Phi) is 5.69. The van der Waals surface area contributed by atoms with Crippen molar-refractivity contribution < 1.29 is 9.47 Å². The molecule has 1 heterocycles. The van der Waals surface area contributed by atoms with Crippen LogP contribution in [0.1, 0.15) is 45.3 Å².